The molecule has 3 aliphatic rings. The highest BCUT2D eigenvalue weighted by Gasteiger charge is 2.55. The number of rotatable bonds is 28. The van der Waals surface area contributed by atoms with E-state index in [1.807, 2.05) is 189 Å². The average molecular weight is 1200 g/mol. The number of aliphatic hydroxyl groups is 1. The van der Waals surface area contributed by atoms with Crippen molar-refractivity contribution in [1.82, 2.24) is 0 Å². The summed E-state index contributed by atoms with van der Waals surface area (Å²) in [6, 6.07) is 60.9. The van der Waals surface area contributed by atoms with Crippen molar-refractivity contribution in [2.45, 2.75) is 144 Å². The minimum absolute atomic E-state index is 0.00105. The van der Waals surface area contributed by atoms with Gasteiger partial charge in [-0.25, -0.2) is 0 Å². The standard InChI is InChI=1S/C66H70N6O14S/c1-45-32-34-52(35-33-45)87(74,75)83-44-56-61(78-39-48-24-12-4-13-25-48)62(79-40-49-26-14-5-15-27-49)64(81-42-51-30-18-7-19-31-51)66(84-56)86-59-54(70-72-68)36-53(69-71-67)58(57(59)73)85-65-63(80-41-50-28-16-6-17-29-50)60(77-38-47-22-10-3-11-23-47)55(43-82-65)76-37-46-20-8-2-9-21-46/h2-35,53-66,73H,36-44H2,1H3/t53-,54+,55-,56-,57-,58+,59-,60+,61-,62+,63-,64-,65-,66-/m1/s1. The van der Waals surface area contributed by atoms with Crippen LogP contribution in [0, 0.1) is 6.92 Å². The van der Waals surface area contributed by atoms with E-state index in [1.165, 1.54) is 12.1 Å². The number of ether oxygens (including phenoxy) is 10. The number of nitrogens with zero attached hydrogens (tertiary/aromatic N) is 6. The summed E-state index contributed by atoms with van der Waals surface area (Å²) < 4.78 is 102. The molecule has 0 bridgehead atoms. The summed E-state index contributed by atoms with van der Waals surface area (Å²) in [4.78, 5) is 6.24. The quantitative estimate of drug-likeness (QED) is 0.0207. The molecule has 7 aromatic rings. The Labute approximate surface area is 506 Å². The monoisotopic (exact) mass is 1200 g/mol. The third kappa shape index (κ3) is 17.2. The van der Waals surface area contributed by atoms with Gasteiger partial charge in [0, 0.05) is 9.82 Å². The minimum Gasteiger partial charge on any atom is -0.388 e. The maximum atomic E-state index is 14.0. The summed E-state index contributed by atoms with van der Waals surface area (Å²) in [5, 5.41) is 21.3. The van der Waals surface area contributed by atoms with E-state index in [9.17, 15) is 24.6 Å². The topological polar surface area (TPSA) is 253 Å². The van der Waals surface area contributed by atoms with Crippen LogP contribution >= 0.6 is 0 Å². The first-order valence-corrected chi connectivity index (χ1v) is 30.3. The van der Waals surface area contributed by atoms with Crippen molar-refractivity contribution in [2.24, 2.45) is 10.2 Å². The average Bonchev–Trinajstić information content (AvgIpc) is 1.51. The Morgan fingerprint density at radius 3 is 1.26 bits per heavy atom. The second-order valence-electron chi connectivity index (χ2n) is 21.4. The van der Waals surface area contributed by atoms with Crippen molar-refractivity contribution in [3.05, 3.63) is 266 Å². The Balaban J connectivity index is 1.01. The predicted molar refractivity (Wildman–Crippen MR) is 319 cm³/mol. The molecule has 0 aromatic heterocycles. The SMILES string of the molecule is Cc1ccc(S(=O)(=O)OC[C@H]2O[C@H](O[C@H]3[C@H](O)[C@@H](O[C@H]4OC[C@@H](OCc5ccccc5)[C@H](OCc5ccccc5)[C@H]4OCc4ccccc4)[C@H](N=[N+]=[N-])C[C@@H]3N=[N+]=[N-])[C@H](OCc3ccccc3)[C@@H](OCc3ccccc3)[C@@H]2OCc2ccccc2)cc1. The Bertz CT molecular complexity index is 3400. The van der Waals surface area contributed by atoms with E-state index in [-0.39, 0.29) is 57.6 Å². The molecule has 1 saturated carbocycles. The van der Waals surface area contributed by atoms with E-state index in [0.29, 0.717) is 0 Å². The van der Waals surface area contributed by atoms with E-state index in [4.69, 9.17) is 51.6 Å². The van der Waals surface area contributed by atoms with Crippen molar-refractivity contribution in [1.29, 1.82) is 0 Å². The predicted octanol–water partition coefficient (Wildman–Crippen LogP) is 11.2. The lowest BCUT2D eigenvalue weighted by molar-refractivity contribution is -0.350. The van der Waals surface area contributed by atoms with Crippen LogP contribution in [0.3, 0.4) is 0 Å². The van der Waals surface area contributed by atoms with Gasteiger partial charge in [-0.15, -0.1) is 0 Å². The van der Waals surface area contributed by atoms with E-state index < -0.39 is 102 Å². The first-order chi connectivity index (χ1) is 42.6. The number of hydrogen-bond acceptors (Lipinski definition) is 16. The largest absolute Gasteiger partial charge is 0.388 e. The first kappa shape index (κ1) is 62.7. The zero-order valence-electron chi connectivity index (χ0n) is 47.9. The maximum absolute atomic E-state index is 14.0. The second-order valence-corrected chi connectivity index (χ2v) is 23.0. The van der Waals surface area contributed by atoms with Crippen LogP contribution < -0.4 is 0 Å². The zero-order valence-corrected chi connectivity index (χ0v) is 48.7. The van der Waals surface area contributed by atoms with Crippen LogP contribution in [0.25, 0.3) is 20.9 Å². The van der Waals surface area contributed by atoms with Crippen molar-refractivity contribution in [2.75, 3.05) is 13.2 Å². The van der Waals surface area contributed by atoms with Crippen LogP contribution in [0.5, 0.6) is 0 Å². The molecular weight excluding hydrogens is 1130 g/mol. The summed E-state index contributed by atoms with van der Waals surface area (Å²) >= 11 is 0. The molecular formula is C66H70N6O14S. The molecule has 0 unspecified atom stereocenters. The third-order valence-electron chi connectivity index (χ3n) is 15.3. The second kappa shape index (κ2) is 31.5. The summed E-state index contributed by atoms with van der Waals surface area (Å²) in [6.07, 6.45) is -15.1. The van der Waals surface area contributed by atoms with Gasteiger partial charge in [0.15, 0.2) is 12.6 Å². The van der Waals surface area contributed by atoms with Crippen molar-refractivity contribution in [3.63, 3.8) is 0 Å². The lowest BCUT2D eigenvalue weighted by Crippen LogP contribution is -2.65. The van der Waals surface area contributed by atoms with E-state index >= 15 is 0 Å². The van der Waals surface area contributed by atoms with Gasteiger partial charge in [0.25, 0.3) is 10.1 Å². The molecule has 1 N–H and O–H groups in total. The first-order valence-electron chi connectivity index (χ1n) is 28.9. The molecule has 0 radical (unpaired) electrons. The van der Waals surface area contributed by atoms with Crippen LogP contribution in [0.4, 0.5) is 0 Å². The van der Waals surface area contributed by atoms with Crippen molar-refractivity contribution >= 4 is 10.1 Å². The van der Waals surface area contributed by atoms with Crippen LogP contribution in [0.1, 0.15) is 45.4 Å². The Kier molecular flexibility index (Phi) is 22.7. The molecule has 21 heteroatoms. The molecule has 0 spiro atoms. The van der Waals surface area contributed by atoms with Crippen LogP contribution in [0.2, 0.25) is 0 Å². The highest BCUT2D eigenvalue weighted by molar-refractivity contribution is 7.86. The van der Waals surface area contributed by atoms with Gasteiger partial charge in [-0.1, -0.05) is 210 Å². The zero-order chi connectivity index (χ0) is 60.2. The molecule has 1 aliphatic carbocycles. The number of hydrogen-bond donors (Lipinski definition) is 1. The fraction of sp³-hybridized carbons (Fsp3) is 0.364. The molecule has 14 atom stereocenters. The van der Waals surface area contributed by atoms with E-state index in [2.05, 4.69) is 20.1 Å². The maximum Gasteiger partial charge on any atom is 0.297 e. The molecule has 7 aromatic carbocycles. The molecule has 87 heavy (non-hydrogen) atoms. The fourth-order valence-electron chi connectivity index (χ4n) is 10.8. The van der Waals surface area contributed by atoms with Gasteiger partial charge in [-0.05, 0) is 69.9 Å². The molecule has 0 amide bonds. The van der Waals surface area contributed by atoms with Gasteiger partial charge in [0.2, 0.25) is 0 Å². The van der Waals surface area contributed by atoms with Gasteiger partial charge < -0.3 is 52.5 Å². The summed E-state index contributed by atoms with van der Waals surface area (Å²) in [7, 11) is -4.41. The lowest BCUT2D eigenvalue weighted by atomic mass is 9.84. The Hall–Kier alpha value is -7.37. The highest BCUT2D eigenvalue weighted by Crippen LogP contribution is 2.39. The minimum atomic E-state index is -4.41. The smallest absolute Gasteiger partial charge is 0.297 e. The number of azide groups is 2. The van der Waals surface area contributed by atoms with Crippen LogP contribution in [0.15, 0.2) is 221 Å². The van der Waals surface area contributed by atoms with Crippen molar-refractivity contribution in [3.8, 4) is 0 Å². The van der Waals surface area contributed by atoms with Crippen LogP contribution in [-0.4, -0.2) is 112 Å². The number of aryl methyl sites for hydroxylation is 1. The fourth-order valence-corrected chi connectivity index (χ4v) is 11.7. The molecule has 2 heterocycles. The summed E-state index contributed by atoms with van der Waals surface area (Å²) in [6.45, 7) is 1.75. The van der Waals surface area contributed by atoms with Gasteiger partial charge in [-0.2, -0.15) is 8.42 Å². The van der Waals surface area contributed by atoms with Gasteiger partial charge in [0.05, 0.1) is 82.0 Å². The van der Waals surface area contributed by atoms with Crippen LogP contribution in [-0.2, 0) is 101 Å². The van der Waals surface area contributed by atoms with Crippen molar-refractivity contribution < 1.29 is 65.1 Å². The Morgan fingerprint density at radius 2 is 0.839 bits per heavy atom. The number of aliphatic hydroxyl groups excluding tert-OH is 1. The van der Waals surface area contributed by atoms with Gasteiger partial charge >= 0.3 is 0 Å². The molecule has 20 nitrogen and oxygen atoms in total. The molecule has 454 valence electrons. The molecule has 3 fully saturated rings. The molecule has 2 aliphatic heterocycles. The normalized spacial score (nSPS) is 26.5. The third-order valence-corrected chi connectivity index (χ3v) is 16.6. The summed E-state index contributed by atoms with van der Waals surface area (Å²) in [5.41, 5.74) is 26.2. The molecule has 10 rings (SSSR count). The van der Waals surface area contributed by atoms with E-state index in [1.54, 1.807) is 12.1 Å². The lowest BCUT2D eigenvalue weighted by Gasteiger charge is -2.49. The Morgan fingerprint density at radius 1 is 0.471 bits per heavy atom. The van der Waals surface area contributed by atoms with Gasteiger partial charge in [0.1, 0.15) is 48.8 Å². The highest BCUT2D eigenvalue weighted by atomic mass is 32.2. The number of benzene rings is 7. The summed E-state index contributed by atoms with van der Waals surface area (Å²) in [5.74, 6) is 0. The molecule has 2 saturated heterocycles. The van der Waals surface area contributed by atoms with E-state index in [0.717, 1.165) is 38.9 Å². The van der Waals surface area contributed by atoms with Gasteiger partial charge in [-0.3, -0.25) is 4.18 Å².